The van der Waals surface area contributed by atoms with Gasteiger partial charge in [0.2, 0.25) is 0 Å². The highest BCUT2D eigenvalue weighted by atomic mass is 15.2. The Labute approximate surface area is 329 Å². The van der Waals surface area contributed by atoms with Crippen LogP contribution in [-0.4, -0.2) is 15.2 Å². The van der Waals surface area contributed by atoms with Crippen molar-refractivity contribution in [1.82, 2.24) is 9.13 Å². The average Bonchev–Trinajstić information content (AvgIpc) is 3.85. The Morgan fingerprint density at radius 2 is 1.05 bits per heavy atom. The van der Waals surface area contributed by atoms with Crippen LogP contribution in [0.25, 0.3) is 66.1 Å². The molecular formula is C53H45N3. The van der Waals surface area contributed by atoms with Gasteiger partial charge in [-0.2, -0.15) is 0 Å². The fourth-order valence-electron chi connectivity index (χ4n) is 9.21. The van der Waals surface area contributed by atoms with E-state index in [-0.39, 0.29) is 17.4 Å². The van der Waals surface area contributed by atoms with Gasteiger partial charge in [0, 0.05) is 50.2 Å². The highest BCUT2D eigenvalue weighted by molar-refractivity contribution is 6.12. The van der Waals surface area contributed by atoms with Crippen LogP contribution >= 0.6 is 0 Å². The van der Waals surface area contributed by atoms with Gasteiger partial charge in [-0.15, -0.1) is 6.58 Å². The van der Waals surface area contributed by atoms with Gasteiger partial charge in [0.1, 0.15) is 0 Å². The third-order valence-corrected chi connectivity index (χ3v) is 11.9. The minimum absolute atomic E-state index is 0.109. The third-order valence-electron chi connectivity index (χ3n) is 11.9. The maximum Gasteiger partial charge on any atom is 0.0626 e. The summed E-state index contributed by atoms with van der Waals surface area (Å²) in [5, 5.41) is 5.02. The summed E-state index contributed by atoms with van der Waals surface area (Å²) in [6.45, 7) is 13.2. The van der Waals surface area contributed by atoms with Crippen molar-refractivity contribution in [3.05, 3.63) is 194 Å². The van der Waals surface area contributed by atoms with Crippen molar-refractivity contribution < 1.29 is 0 Å². The summed E-state index contributed by atoms with van der Waals surface area (Å²) in [6, 6.07) is 58.5. The molecule has 0 N–H and O–H groups in total. The molecule has 272 valence electrons. The molecule has 0 bridgehead atoms. The monoisotopic (exact) mass is 723 g/mol. The van der Waals surface area contributed by atoms with Crippen molar-refractivity contribution >= 4 is 55.0 Å². The molecule has 10 rings (SSSR count). The second kappa shape index (κ2) is 13.0. The van der Waals surface area contributed by atoms with Gasteiger partial charge in [-0.1, -0.05) is 118 Å². The second-order valence-electron chi connectivity index (χ2n) is 16.2. The van der Waals surface area contributed by atoms with Crippen molar-refractivity contribution in [2.75, 3.05) is 4.90 Å². The number of benzene rings is 7. The van der Waals surface area contributed by atoms with Gasteiger partial charge in [-0.05, 0) is 113 Å². The first kappa shape index (κ1) is 33.9. The molecule has 3 heteroatoms. The largest absolute Gasteiger partial charge is 0.333 e. The fourth-order valence-corrected chi connectivity index (χ4v) is 9.21. The molecule has 3 nitrogen and oxygen atoms in total. The van der Waals surface area contributed by atoms with E-state index >= 15 is 0 Å². The van der Waals surface area contributed by atoms with Crippen molar-refractivity contribution in [3.63, 3.8) is 0 Å². The Morgan fingerprint density at radius 3 is 1.62 bits per heavy atom. The molecule has 2 atom stereocenters. The summed E-state index contributed by atoms with van der Waals surface area (Å²) in [6.07, 6.45) is 6.58. The summed E-state index contributed by atoms with van der Waals surface area (Å²) in [7, 11) is 0. The van der Waals surface area contributed by atoms with Gasteiger partial charge in [0.05, 0.1) is 28.1 Å². The number of para-hydroxylation sites is 3. The lowest BCUT2D eigenvalue weighted by atomic mass is 9.87. The first-order chi connectivity index (χ1) is 27.3. The zero-order chi connectivity index (χ0) is 38.1. The van der Waals surface area contributed by atoms with Crippen LogP contribution in [0.5, 0.6) is 0 Å². The van der Waals surface area contributed by atoms with E-state index in [4.69, 9.17) is 0 Å². The standard InChI is InChI=1S/C53H45N3/c1-6-15-47-41(7-2)46-34-40(28-31-52(46)54(47)38-16-9-8-10-17-38)56-49-21-14-12-19-43(49)45-33-36(23-30-51(45)56)35-22-29-50-44(32-35)42-18-11-13-20-48(42)55(50)39-26-24-37(25-27-39)53(3,4)5/h6-34,41,47H,2H2,1,3-5H3/b15-6-. The van der Waals surface area contributed by atoms with Gasteiger partial charge in [0.25, 0.3) is 0 Å². The minimum Gasteiger partial charge on any atom is -0.333 e. The maximum atomic E-state index is 4.33. The van der Waals surface area contributed by atoms with Crippen LogP contribution in [0.1, 0.15) is 44.7 Å². The SMILES string of the molecule is C=CC1c2cc(-n3c4ccccc4c4cc(-c5ccc6c(c5)c5ccccc5n6-c5ccc(C(C)(C)C)cc5)ccc43)ccc2N(c2ccccc2)C1/C=C\C. The van der Waals surface area contributed by atoms with Gasteiger partial charge >= 0.3 is 0 Å². The lowest BCUT2D eigenvalue weighted by Crippen LogP contribution is -2.27. The second-order valence-corrected chi connectivity index (χ2v) is 16.2. The van der Waals surface area contributed by atoms with E-state index in [9.17, 15) is 0 Å². The Morgan fingerprint density at radius 1 is 0.518 bits per heavy atom. The topological polar surface area (TPSA) is 13.1 Å². The molecule has 9 aromatic rings. The van der Waals surface area contributed by atoms with Crippen LogP contribution in [0.2, 0.25) is 0 Å². The summed E-state index contributed by atoms with van der Waals surface area (Å²) < 4.78 is 4.84. The van der Waals surface area contributed by atoms with E-state index in [1.54, 1.807) is 0 Å². The van der Waals surface area contributed by atoms with Crippen LogP contribution < -0.4 is 4.90 Å². The third kappa shape index (κ3) is 5.26. The summed E-state index contributed by atoms with van der Waals surface area (Å²) >= 11 is 0. The number of rotatable bonds is 6. The highest BCUT2D eigenvalue weighted by Crippen LogP contribution is 2.48. The Kier molecular flexibility index (Phi) is 7.90. The molecule has 1 aliphatic heterocycles. The van der Waals surface area contributed by atoms with E-state index < -0.39 is 0 Å². The number of anilines is 2. The van der Waals surface area contributed by atoms with Crippen LogP contribution in [0.4, 0.5) is 11.4 Å². The molecule has 0 saturated carbocycles. The highest BCUT2D eigenvalue weighted by Gasteiger charge is 2.36. The molecule has 56 heavy (non-hydrogen) atoms. The van der Waals surface area contributed by atoms with Gasteiger partial charge in [0.15, 0.2) is 0 Å². The van der Waals surface area contributed by atoms with Crippen molar-refractivity contribution in [3.8, 4) is 22.5 Å². The first-order valence-corrected chi connectivity index (χ1v) is 19.8. The van der Waals surface area contributed by atoms with E-state index in [1.807, 2.05) is 0 Å². The van der Waals surface area contributed by atoms with Crippen molar-refractivity contribution in [2.45, 2.75) is 45.1 Å². The number of hydrogen-bond donors (Lipinski definition) is 0. The number of hydrogen-bond acceptors (Lipinski definition) is 1. The van der Waals surface area contributed by atoms with E-state index in [0.717, 1.165) is 5.69 Å². The van der Waals surface area contributed by atoms with Crippen LogP contribution in [-0.2, 0) is 5.41 Å². The van der Waals surface area contributed by atoms with Gasteiger partial charge in [-0.3, -0.25) is 0 Å². The summed E-state index contributed by atoms with van der Waals surface area (Å²) in [4.78, 5) is 2.46. The molecule has 0 fully saturated rings. The number of allylic oxidation sites excluding steroid dienone is 1. The number of nitrogens with zero attached hydrogens (tertiary/aromatic N) is 3. The fraction of sp³-hybridized carbons (Fsp3) is 0.132. The predicted octanol–water partition coefficient (Wildman–Crippen LogP) is 14.2. The molecule has 2 unspecified atom stereocenters. The van der Waals surface area contributed by atoms with Gasteiger partial charge < -0.3 is 14.0 Å². The Hall–Kier alpha value is -6.58. The van der Waals surface area contributed by atoms with Crippen LogP contribution in [0.3, 0.4) is 0 Å². The molecule has 0 amide bonds. The molecule has 2 aromatic heterocycles. The molecule has 0 saturated heterocycles. The Balaban J connectivity index is 1.10. The Bertz CT molecular complexity index is 2990. The molecule has 0 spiro atoms. The van der Waals surface area contributed by atoms with E-state index in [1.165, 1.54) is 82.9 Å². The van der Waals surface area contributed by atoms with Crippen molar-refractivity contribution in [1.29, 1.82) is 0 Å². The lowest BCUT2D eigenvalue weighted by Gasteiger charge is -2.27. The maximum absolute atomic E-state index is 4.33. The molecule has 0 radical (unpaired) electrons. The first-order valence-electron chi connectivity index (χ1n) is 19.8. The zero-order valence-electron chi connectivity index (χ0n) is 32.4. The number of aromatic nitrogens is 2. The van der Waals surface area contributed by atoms with Gasteiger partial charge in [-0.25, -0.2) is 0 Å². The zero-order valence-corrected chi connectivity index (χ0v) is 32.4. The number of fused-ring (bicyclic) bond motifs is 7. The van der Waals surface area contributed by atoms with Crippen LogP contribution in [0, 0.1) is 0 Å². The molecule has 7 aromatic carbocycles. The summed E-state index contributed by atoms with van der Waals surface area (Å²) in [5.41, 5.74) is 14.8. The molecule has 0 aliphatic carbocycles. The lowest BCUT2D eigenvalue weighted by molar-refractivity contribution is 0.590. The molecule has 1 aliphatic rings. The molecular weight excluding hydrogens is 679 g/mol. The molecule has 3 heterocycles. The van der Waals surface area contributed by atoms with Crippen molar-refractivity contribution in [2.24, 2.45) is 0 Å². The normalized spacial score (nSPS) is 15.8. The summed E-state index contributed by atoms with van der Waals surface area (Å²) in [5.74, 6) is 0.157. The van der Waals surface area contributed by atoms with E-state index in [2.05, 4.69) is 224 Å². The smallest absolute Gasteiger partial charge is 0.0626 e. The predicted molar refractivity (Wildman–Crippen MR) is 239 cm³/mol. The van der Waals surface area contributed by atoms with E-state index in [0.29, 0.717) is 0 Å². The quantitative estimate of drug-likeness (QED) is 0.156. The van der Waals surface area contributed by atoms with Crippen LogP contribution in [0.15, 0.2) is 183 Å². The average molecular weight is 724 g/mol. The minimum atomic E-state index is 0.109.